The van der Waals surface area contributed by atoms with Crippen molar-refractivity contribution in [1.29, 1.82) is 0 Å². The second kappa shape index (κ2) is 5.26. The van der Waals surface area contributed by atoms with Crippen molar-refractivity contribution in [1.82, 2.24) is 0 Å². The van der Waals surface area contributed by atoms with Gasteiger partial charge in [0, 0.05) is 19.6 Å². The summed E-state index contributed by atoms with van der Waals surface area (Å²) in [6.45, 7) is 0.383. The molecule has 2 rings (SSSR count). The highest BCUT2D eigenvalue weighted by Crippen LogP contribution is 2.35. The molecule has 1 aromatic heterocycles. The van der Waals surface area contributed by atoms with Gasteiger partial charge in [-0.1, -0.05) is 0 Å². The van der Waals surface area contributed by atoms with Crippen LogP contribution in [0.4, 0.5) is 5.00 Å². The van der Waals surface area contributed by atoms with Crippen LogP contribution in [-0.2, 0) is 0 Å². The number of anilines is 1. The maximum Gasteiger partial charge on any atom is 0.0920 e. The minimum absolute atomic E-state index is 0.383. The first-order valence-electron chi connectivity index (χ1n) is 5.95. The van der Waals surface area contributed by atoms with Gasteiger partial charge in [0.25, 0.3) is 0 Å². The van der Waals surface area contributed by atoms with Crippen molar-refractivity contribution in [3.05, 3.63) is 15.9 Å². The number of rotatable bonds is 3. The van der Waals surface area contributed by atoms with Crippen LogP contribution in [0, 0.1) is 0 Å². The Morgan fingerprint density at radius 2 is 2.18 bits per heavy atom. The van der Waals surface area contributed by atoms with E-state index in [4.69, 9.17) is 5.73 Å². The van der Waals surface area contributed by atoms with Crippen LogP contribution in [-0.4, -0.2) is 30.3 Å². The number of nitrogens with zero attached hydrogens (tertiary/aromatic N) is 1. The minimum Gasteiger partial charge on any atom is -0.389 e. The largest absolute Gasteiger partial charge is 0.389 e. The van der Waals surface area contributed by atoms with Gasteiger partial charge in [-0.2, -0.15) is 0 Å². The van der Waals surface area contributed by atoms with Gasteiger partial charge in [-0.25, -0.2) is 0 Å². The minimum atomic E-state index is -0.618. The van der Waals surface area contributed by atoms with Crippen LogP contribution in [0.5, 0.6) is 0 Å². The van der Waals surface area contributed by atoms with Crippen LogP contribution >= 0.6 is 27.3 Å². The van der Waals surface area contributed by atoms with Crippen molar-refractivity contribution in [2.75, 3.05) is 18.5 Å². The van der Waals surface area contributed by atoms with Crippen molar-refractivity contribution in [3.8, 4) is 0 Å². The molecule has 0 aromatic carbocycles. The molecule has 0 radical (unpaired) electrons. The fourth-order valence-corrected chi connectivity index (χ4v) is 3.80. The van der Waals surface area contributed by atoms with Crippen LogP contribution in [0.1, 0.15) is 25.7 Å². The molecule has 1 fully saturated rings. The number of halogens is 1. The highest BCUT2D eigenvalue weighted by molar-refractivity contribution is 9.11. The summed E-state index contributed by atoms with van der Waals surface area (Å²) in [5.41, 5.74) is 4.99. The highest BCUT2D eigenvalue weighted by atomic mass is 79.9. The Bertz CT molecular complexity index is 374. The Morgan fingerprint density at radius 3 is 2.65 bits per heavy atom. The van der Waals surface area contributed by atoms with Gasteiger partial charge in [0.15, 0.2) is 0 Å². The van der Waals surface area contributed by atoms with E-state index in [0.717, 1.165) is 29.5 Å². The molecule has 1 aliphatic rings. The SMILES string of the molecule is CN(c1ccc(Br)s1)C1CCC(O)(CN)CC1. The molecule has 1 aromatic rings. The lowest BCUT2D eigenvalue weighted by molar-refractivity contribution is 0.00804. The third-order valence-electron chi connectivity index (χ3n) is 3.72. The van der Waals surface area contributed by atoms with E-state index in [0.29, 0.717) is 12.6 Å². The molecule has 0 saturated heterocycles. The van der Waals surface area contributed by atoms with E-state index in [2.05, 4.69) is 40.0 Å². The van der Waals surface area contributed by atoms with Crippen LogP contribution in [0.15, 0.2) is 15.9 Å². The monoisotopic (exact) mass is 318 g/mol. The Kier molecular flexibility index (Phi) is 4.13. The average Bonchev–Trinajstić information content (AvgIpc) is 2.76. The molecule has 0 atom stereocenters. The van der Waals surface area contributed by atoms with Gasteiger partial charge in [0.1, 0.15) is 0 Å². The fraction of sp³-hybridized carbons (Fsp3) is 0.667. The third-order valence-corrected chi connectivity index (χ3v) is 5.43. The van der Waals surface area contributed by atoms with E-state index in [1.54, 1.807) is 11.3 Å². The van der Waals surface area contributed by atoms with Crippen LogP contribution in [0.2, 0.25) is 0 Å². The molecule has 3 N–H and O–H groups in total. The average molecular weight is 319 g/mol. The van der Waals surface area contributed by atoms with E-state index >= 15 is 0 Å². The number of nitrogens with two attached hydrogens (primary N) is 1. The van der Waals surface area contributed by atoms with Gasteiger partial charge in [0.2, 0.25) is 0 Å². The van der Waals surface area contributed by atoms with Crippen LogP contribution in [0.25, 0.3) is 0 Å². The molecular formula is C12H19BrN2OS. The summed E-state index contributed by atoms with van der Waals surface area (Å²) in [6, 6.07) is 4.74. The first-order chi connectivity index (χ1) is 8.04. The standard InChI is InChI=1S/C12H19BrN2OS/c1-15(11-3-2-10(13)17-11)9-4-6-12(16,8-14)7-5-9/h2-3,9,16H,4-8,14H2,1H3. The van der Waals surface area contributed by atoms with Gasteiger partial charge < -0.3 is 15.7 Å². The molecule has 0 amide bonds. The molecule has 1 aliphatic carbocycles. The van der Waals surface area contributed by atoms with Gasteiger partial charge in [0.05, 0.1) is 14.4 Å². The van der Waals surface area contributed by atoms with Gasteiger partial charge in [-0.05, 0) is 53.7 Å². The third kappa shape index (κ3) is 3.02. The smallest absolute Gasteiger partial charge is 0.0920 e. The molecule has 1 heterocycles. The number of aliphatic hydroxyl groups is 1. The van der Waals surface area contributed by atoms with E-state index in [9.17, 15) is 5.11 Å². The lowest BCUT2D eigenvalue weighted by Crippen LogP contribution is -2.46. The molecule has 17 heavy (non-hydrogen) atoms. The zero-order valence-corrected chi connectivity index (χ0v) is 12.4. The summed E-state index contributed by atoms with van der Waals surface area (Å²) in [4.78, 5) is 2.32. The summed E-state index contributed by atoms with van der Waals surface area (Å²) in [5.74, 6) is 0. The van der Waals surface area contributed by atoms with Crippen molar-refractivity contribution < 1.29 is 5.11 Å². The van der Waals surface area contributed by atoms with Crippen LogP contribution < -0.4 is 10.6 Å². The van der Waals surface area contributed by atoms with Gasteiger partial charge in [-0.15, -0.1) is 11.3 Å². The van der Waals surface area contributed by atoms with Gasteiger partial charge >= 0.3 is 0 Å². The summed E-state index contributed by atoms with van der Waals surface area (Å²) in [6.07, 6.45) is 3.65. The molecule has 0 spiro atoms. The lowest BCUT2D eigenvalue weighted by atomic mass is 9.82. The molecule has 96 valence electrons. The second-order valence-electron chi connectivity index (χ2n) is 4.85. The molecule has 0 unspecified atom stereocenters. The maximum absolute atomic E-state index is 10.1. The zero-order valence-electron chi connectivity index (χ0n) is 10.0. The number of hydrogen-bond donors (Lipinski definition) is 2. The molecule has 0 bridgehead atoms. The summed E-state index contributed by atoms with van der Waals surface area (Å²) in [5, 5.41) is 11.4. The first kappa shape index (κ1) is 13.3. The van der Waals surface area contributed by atoms with E-state index in [1.807, 2.05) is 0 Å². The Labute approximate surface area is 115 Å². The zero-order chi connectivity index (χ0) is 12.5. The van der Waals surface area contributed by atoms with Crippen molar-refractivity contribution in [2.45, 2.75) is 37.3 Å². The molecule has 3 nitrogen and oxygen atoms in total. The van der Waals surface area contributed by atoms with Crippen molar-refractivity contribution >= 4 is 32.3 Å². The molecule has 0 aliphatic heterocycles. The first-order valence-corrected chi connectivity index (χ1v) is 7.56. The van der Waals surface area contributed by atoms with Crippen molar-refractivity contribution in [2.24, 2.45) is 5.73 Å². The quantitative estimate of drug-likeness (QED) is 0.900. The number of hydrogen-bond acceptors (Lipinski definition) is 4. The predicted octanol–water partition coefficient (Wildman–Crippen LogP) is 2.58. The highest BCUT2D eigenvalue weighted by Gasteiger charge is 2.33. The topological polar surface area (TPSA) is 49.5 Å². The second-order valence-corrected chi connectivity index (χ2v) is 7.29. The summed E-state index contributed by atoms with van der Waals surface area (Å²) >= 11 is 5.24. The van der Waals surface area contributed by atoms with E-state index < -0.39 is 5.60 Å². The maximum atomic E-state index is 10.1. The molecule has 1 saturated carbocycles. The summed E-state index contributed by atoms with van der Waals surface area (Å²) in [7, 11) is 2.13. The summed E-state index contributed by atoms with van der Waals surface area (Å²) < 4.78 is 1.16. The molecular weight excluding hydrogens is 300 g/mol. The van der Waals surface area contributed by atoms with E-state index in [1.165, 1.54) is 5.00 Å². The van der Waals surface area contributed by atoms with Crippen molar-refractivity contribution in [3.63, 3.8) is 0 Å². The van der Waals surface area contributed by atoms with Crippen LogP contribution in [0.3, 0.4) is 0 Å². The Morgan fingerprint density at radius 1 is 1.53 bits per heavy atom. The fourth-order valence-electron chi connectivity index (χ4n) is 2.41. The van der Waals surface area contributed by atoms with E-state index in [-0.39, 0.29) is 0 Å². The molecule has 5 heteroatoms. The Balaban J connectivity index is 1.97. The Hall–Kier alpha value is -0.100. The normalized spacial score (nSPS) is 29.3. The lowest BCUT2D eigenvalue weighted by Gasteiger charge is -2.39. The van der Waals surface area contributed by atoms with Gasteiger partial charge in [-0.3, -0.25) is 0 Å². The predicted molar refractivity (Wildman–Crippen MR) is 76.7 cm³/mol. The number of thiophene rings is 1.